The van der Waals surface area contributed by atoms with Gasteiger partial charge in [0.25, 0.3) is 0 Å². The predicted octanol–water partition coefficient (Wildman–Crippen LogP) is 2.03. The molecule has 1 rings (SSSR count). The van der Waals surface area contributed by atoms with Crippen molar-refractivity contribution in [2.75, 3.05) is 33.8 Å². The van der Waals surface area contributed by atoms with E-state index in [9.17, 15) is 10.1 Å². The average Bonchev–Trinajstić information content (AvgIpc) is 2.41. The van der Waals surface area contributed by atoms with Gasteiger partial charge in [-0.2, -0.15) is 0 Å². The van der Waals surface area contributed by atoms with Crippen molar-refractivity contribution in [3.05, 3.63) is 33.9 Å². The number of nitrogens with one attached hydrogen (secondary N) is 1. The van der Waals surface area contributed by atoms with Crippen LogP contribution in [-0.2, 0) is 6.54 Å². The third-order valence-electron chi connectivity index (χ3n) is 2.81. The smallest absolute Gasteiger partial charge is 0.311 e. The molecule has 0 aliphatic rings. The fourth-order valence-electron chi connectivity index (χ4n) is 1.77. The monoisotopic (exact) mass is 281 g/mol. The van der Waals surface area contributed by atoms with Crippen LogP contribution in [0.25, 0.3) is 0 Å². The van der Waals surface area contributed by atoms with E-state index >= 15 is 0 Å². The average molecular weight is 281 g/mol. The molecule has 0 heterocycles. The summed E-state index contributed by atoms with van der Waals surface area (Å²) in [5.74, 6) is 0.342. The maximum Gasteiger partial charge on any atom is 0.311 e. The predicted molar refractivity (Wildman–Crippen MR) is 79.1 cm³/mol. The summed E-state index contributed by atoms with van der Waals surface area (Å²) in [6.07, 6.45) is 0.837. The third-order valence-corrected chi connectivity index (χ3v) is 2.81. The molecule has 0 spiro atoms. The molecule has 0 unspecified atom stereocenters. The molecule has 0 amide bonds. The highest BCUT2D eigenvalue weighted by molar-refractivity contribution is 5.48. The van der Waals surface area contributed by atoms with Crippen LogP contribution in [0.5, 0.6) is 5.75 Å². The van der Waals surface area contributed by atoms with Gasteiger partial charge < -0.3 is 15.0 Å². The Bertz CT molecular complexity index is 436. The highest BCUT2D eigenvalue weighted by atomic mass is 16.6. The summed E-state index contributed by atoms with van der Waals surface area (Å²) in [6.45, 7) is 4.82. The van der Waals surface area contributed by atoms with Crippen LogP contribution in [0, 0.1) is 10.1 Å². The largest absolute Gasteiger partial charge is 0.487 e. The van der Waals surface area contributed by atoms with Crippen molar-refractivity contribution in [1.29, 1.82) is 0 Å². The Morgan fingerprint density at radius 2 is 2.15 bits per heavy atom. The van der Waals surface area contributed by atoms with Gasteiger partial charge in [-0.25, -0.2) is 0 Å². The minimum Gasteiger partial charge on any atom is -0.487 e. The SMILES string of the molecule is CCNCc1ccc(OCCCN(C)C)c([N+](=O)[O-])c1. The summed E-state index contributed by atoms with van der Waals surface area (Å²) < 4.78 is 5.52. The first kappa shape index (κ1) is 16.4. The number of nitrogens with zero attached hydrogens (tertiary/aromatic N) is 2. The molecule has 0 saturated heterocycles. The molecule has 20 heavy (non-hydrogen) atoms. The van der Waals surface area contributed by atoms with E-state index in [1.807, 2.05) is 27.1 Å². The molecule has 6 nitrogen and oxygen atoms in total. The highest BCUT2D eigenvalue weighted by Gasteiger charge is 2.15. The van der Waals surface area contributed by atoms with Crippen molar-refractivity contribution in [1.82, 2.24) is 10.2 Å². The van der Waals surface area contributed by atoms with E-state index < -0.39 is 4.92 Å². The van der Waals surface area contributed by atoms with Gasteiger partial charge >= 0.3 is 5.69 Å². The Kier molecular flexibility index (Phi) is 6.97. The molecule has 0 bridgehead atoms. The lowest BCUT2D eigenvalue weighted by Gasteiger charge is -2.11. The van der Waals surface area contributed by atoms with Crippen molar-refractivity contribution >= 4 is 5.69 Å². The third kappa shape index (κ3) is 5.54. The van der Waals surface area contributed by atoms with E-state index in [1.165, 1.54) is 0 Å². The summed E-state index contributed by atoms with van der Waals surface area (Å²) in [7, 11) is 3.97. The zero-order chi connectivity index (χ0) is 15.0. The van der Waals surface area contributed by atoms with Gasteiger partial charge in [0.15, 0.2) is 5.75 Å². The van der Waals surface area contributed by atoms with Gasteiger partial charge in [-0.3, -0.25) is 10.1 Å². The summed E-state index contributed by atoms with van der Waals surface area (Å²) in [5, 5.41) is 14.2. The summed E-state index contributed by atoms with van der Waals surface area (Å²) in [5.41, 5.74) is 0.921. The molecule has 0 atom stereocenters. The van der Waals surface area contributed by atoms with Gasteiger partial charge in [-0.1, -0.05) is 13.0 Å². The Hall–Kier alpha value is -1.66. The molecule has 6 heteroatoms. The molecular weight excluding hydrogens is 258 g/mol. The zero-order valence-corrected chi connectivity index (χ0v) is 12.4. The molecule has 1 aromatic rings. The van der Waals surface area contributed by atoms with Crippen molar-refractivity contribution in [2.45, 2.75) is 19.9 Å². The molecule has 0 fully saturated rings. The van der Waals surface area contributed by atoms with Gasteiger partial charge in [0.05, 0.1) is 11.5 Å². The Balaban J connectivity index is 2.67. The molecule has 1 aromatic carbocycles. The Morgan fingerprint density at radius 3 is 2.75 bits per heavy atom. The van der Waals surface area contributed by atoms with Gasteiger partial charge in [0.1, 0.15) is 0 Å². The molecule has 0 aliphatic heterocycles. The molecular formula is C14H23N3O3. The van der Waals surface area contributed by atoms with Crippen molar-refractivity contribution in [3.8, 4) is 5.75 Å². The summed E-state index contributed by atoms with van der Waals surface area (Å²) in [6, 6.07) is 5.11. The van der Waals surface area contributed by atoms with Gasteiger partial charge in [0.2, 0.25) is 0 Å². The lowest BCUT2D eigenvalue weighted by molar-refractivity contribution is -0.385. The van der Waals surface area contributed by atoms with E-state index in [0.717, 1.165) is 25.1 Å². The lowest BCUT2D eigenvalue weighted by atomic mass is 10.2. The standard InChI is InChI=1S/C14H23N3O3/c1-4-15-11-12-6-7-14(13(10-12)17(18)19)20-9-5-8-16(2)3/h6-7,10,15H,4-5,8-9,11H2,1-3H3. The van der Waals surface area contributed by atoms with Gasteiger partial charge in [-0.15, -0.1) is 0 Å². The Morgan fingerprint density at radius 1 is 1.40 bits per heavy atom. The highest BCUT2D eigenvalue weighted by Crippen LogP contribution is 2.28. The van der Waals surface area contributed by atoms with Gasteiger partial charge in [0, 0.05) is 19.2 Å². The maximum absolute atomic E-state index is 11.1. The van der Waals surface area contributed by atoms with Crippen LogP contribution >= 0.6 is 0 Å². The van der Waals surface area contributed by atoms with Crippen molar-refractivity contribution < 1.29 is 9.66 Å². The first-order chi connectivity index (χ1) is 9.54. The van der Waals surface area contributed by atoms with E-state index in [1.54, 1.807) is 12.1 Å². The molecule has 112 valence electrons. The second kappa shape index (κ2) is 8.50. The summed E-state index contributed by atoms with van der Waals surface area (Å²) in [4.78, 5) is 12.7. The topological polar surface area (TPSA) is 67.6 Å². The second-order valence-corrected chi connectivity index (χ2v) is 4.84. The number of benzene rings is 1. The van der Waals surface area contributed by atoms with Crippen LogP contribution < -0.4 is 10.1 Å². The maximum atomic E-state index is 11.1. The van der Waals surface area contributed by atoms with Crippen LogP contribution in [0.15, 0.2) is 18.2 Å². The minimum absolute atomic E-state index is 0.0326. The van der Waals surface area contributed by atoms with Crippen molar-refractivity contribution in [2.24, 2.45) is 0 Å². The van der Waals surface area contributed by atoms with E-state index in [4.69, 9.17) is 4.74 Å². The molecule has 0 radical (unpaired) electrons. The molecule has 0 aliphatic carbocycles. The number of nitro groups is 1. The normalized spacial score (nSPS) is 10.8. The number of hydrogen-bond acceptors (Lipinski definition) is 5. The first-order valence-electron chi connectivity index (χ1n) is 6.80. The van der Waals surface area contributed by atoms with Crippen LogP contribution in [0.2, 0.25) is 0 Å². The molecule has 0 aromatic heterocycles. The van der Waals surface area contributed by atoms with Crippen LogP contribution in [-0.4, -0.2) is 43.6 Å². The summed E-state index contributed by atoms with van der Waals surface area (Å²) >= 11 is 0. The molecule has 1 N–H and O–H groups in total. The quantitative estimate of drug-likeness (QED) is 0.426. The van der Waals surface area contributed by atoms with Crippen molar-refractivity contribution in [3.63, 3.8) is 0 Å². The van der Waals surface area contributed by atoms with E-state index in [2.05, 4.69) is 10.2 Å². The van der Waals surface area contributed by atoms with Crippen LogP contribution in [0.4, 0.5) is 5.69 Å². The van der Waals surface area contributed by atoms with E-state index in [0.29, 0.717) is 18.9 Å². The van der Waals surface area contributed by atoms with Gasteiger partial charge in [-0.05, 0) is 38.7 Å². The Labute approximate surface area is 119 Å². The fourth-order valence-corrected chi connectivity index (χ4v) is 1.77. The zero-order valence-electron chi connectivity index (χ0n) is 12.4. The number of ether oxygens (including phenoxy) is 1. The van der Waals surface area contributed by atoms with Crippen LogP contribution in [0.3, 0.4) is 0 Å². The number of hydrogen-bond donors (Lipinski definition) is 1. The van der Waals surface area contributed by atoms with Crippen LogP contribution in [0.1, 0.15) is 18.9 Å². The fraction of sp³-hybridized carbons (Fsp3) is 0.571. The second-order valence-electron chi connectivity index (χ2n) is 4.84. The lowest BCUT2D eigenvalue weighted by Crippen LogP contribution is -2.16. The number of nitro benzene ring substituents is 1. The number of rotatable bonds is 9. The minimum atomic E-state index is -0.392. The first-order valence-corrected chi connectivity index (χ1v) is 6.80. The molecule has 0 saturated carbocycles. The van der Waals surface area contributed by atoms with E-state index in [-0.39, 0.29) is 5.69 Å².